The molecule has 0 radical (unpaired) electrons. The molecule has 0 amide bonds. The topological polar surface area (TPSA) is 22.1 Å². The third-order valence-electron chi connectivity index (χ3n) is 1.68. The number of methoxy groups -OCH3 is 1. The van der Waals surface area contributed by atoms with Gasteiger partial charge in [-0.25, -0.2) is 8.78 Å². The molecule has 0 atom stereocenters. The van der Waals surface area contributed by atoms with Gasteiger partial charge in [0.15, 0.2) is 5.75 Å². The summed E-state index contributed by atoms with van der Waals surface area (Å²) in [4.78, 5) is 3.63. The van der Waals surface area contributed by atoms with Crippen molar-refractivity contribution in [3.05, 3.63) is 21.0 Å². The van der Waals surface area contributed by atoms with E-state index in [1.165, 1.54) is 13.3 Å². The van der Waals surface area contributed by atoms with Crippen LogP contribution >= 0.6 is 22.6 Å². The smallest absolute Gasteiger partial charge is 0.280 e. The highest BCUT2D eigenvalue weighted by atomic mass is 127. The summed E-state index contributed by atoms with van der Waals surface area (Å²) >= 11 is 1.97. The second kappa shape index (κ2) is 4.17. The summed E-state index contributed by atoms with van der Waals surface area (Å²) < 4.78 is 30.3. The highest BCUT2D eigenvalue weighted by molar-refractivity contribution is 14.1. The molecule has 0 N–H and O–H groups in total. The van der Waals surface area contributed by atoms with Gasteiger partial charge in [-0.3, -0.25) is 4.98 Å². The Morgan fingerprint density at radius 3 is 2.62 bits per heavy atom. The second-order valence-corrected chi connectivity index (χ2v) is 3.53. The average molecular weight is 299 g/mol. The van der Waals surface area contributed by atoms with Crippen LogP contribution in [-0.4, -0.2) is 12.1 Å². The number of hydrogen-bond donors (Lipinski definition) is 0. The third kappa shape index (κ3) is 2.07. The molecule has 0 aliphatic rings. The highest BCUT2D eigenvalue weighted by Crippen LogP contribution is 2.29. The van der Waals surface area contributed by atoms with E-state index in [0.29, 0.717) is 14.9 Å². The molecular weight excluding hydrogens is 291 g/mol. The highest BCUT2D eigenvalue weighted by Gasteiger charge is 2.16. The fourth-order valence-corrected chi connectivity index (χ4v) is 1.58. The molecule has 1 rings (SSSR count). The molecule has 0 spiro atoms. The van der Waals surface area contributed by atoms with Crippen LogP contribution in [0.5, 0.6) is 5.75 Å². The van der Waals surface area contributed by atoms with Gasteiger partial charge >= 0.3 is 0 Å². The molecule has 72 valence electrons. The fraction of sp³-hybridized carbons (Fsp3) is 0.375. The monoisotopic (exact) mass is 299 g/mol. The molecule has 0 saturated carbocycles. The van der Waals surface area contributed by atoms with Gasteiger partial charge in [0.2, 0.25) is 0 Å². The molecule has 0 aliphatic heterocycles. The van der Waals surface area contributed by atoms with Crippen molar-refractivity contribution in [2.24, 2.45) is 0 Å². The Morgan fingerprint density at radius 1 is 1.54 bits per heavy atom. The normalized spacial score (nSPS) is 10.6. The molecule has 1 aromatic rings. The van der Waals surface area contributed by atoms with Crippen LogP contribution in [0.15, 0.2) is 6.20 Å². The Balaban J connectivity index is 3.23. The first-order valence-electron chi connectivity index (χ1n) is 3.55. The van der Waals surface area contributed by atoms with Gasteiger partial charge in [-0.05, 0) is 35.1 Å². The summed E-state index contributed by atoms with van der Waals surface area (Å²) in [6.07, 6.45) is -1.21. The number of rotatable bonds is 2. The number of alkyl halides is 2. The molecule has 0 aromatic carbocycles. The minimum atomic E-state index is -2.53. The van der Waals surface area contributed by atoms with Crippen molar-refractivity contribution in [2.75, 3.05) is 7.11 Å². The van der Waals surface area contributed by atoms with Gasteiger partial charge in [-0.1, -0.05) is 0 Å². The molecule has 0 bridgehead atoms. The lowest BCUT2D eigenvalue weighted by molar-refractivity contribution is 0.145. The van der Waals surface area contributed by atoms with Crippen LogP contribution in [0, 0.1) is 10.5 Å². The summed E-state index contributed by atoms with van der Waals surface area (Å²) in [6, 6.07) is 0. The minimum absolute atomic E-state index is 0.176. The number of pyridine rings is 1. The van der Waals surface area contributed by atoms with Crippen molar-refractivity contribution in [1.82, 2.24) is 4.98 Å². The molecule has 0 saturated heterocycles. The fourth-order valence-electron chi connectivity index (χ4n) is 0.941. The Morgan fingerprint density at radius 2 is 2.15 bits per heavy atom. The van der Waals surface area contributed by atoms with Gasteiger partial charge in [0, 0.05) is 0 Å². The zero-order valence-electron chi connectivity index (χ0n) is 7.14. The second-order valence-electron chi connectivity index (χ2n) is 2.45. The van der Waals surface area contributed by atoms with Crippen molar-refractivity contribution in [3.63, 3.8) is 0 Å². The van der Waals surface area contributed by atoms with Crippen LogP contribution in [0.2, 0.25) is 0 Å². The molecule has 0 unspecified atom stereocenters. The minimum Gasteiger partial charge on any atom is -0.494 e. The zero-order chi connectivity index (χ0) is 10.0. The SMILES string of the molecule is COc1cnc(C(F)F)c(C)c1I. The summed E-state index contributed by atoms with van der Waals surface area (Å²) in [6.45, 7) is 1.61. The van der Waals surface area contributed by atoms with E-state index in [2.05, 4.69) is 4.98 Å². The number of ether oxygens (including phenoxy) is 1. The van der Waals surface area contributed by atoms with Crippen molar-refractivity contribution >= 4 is 22.6 Å². The van der Waals surface area contributed by atoms with Crippen molar-refractivity contribution in [2.45, 2.75) is 13.3 Å². The van der Waals surface area contributed by atoms with Crippen molar-refractivity contribution < 1.29 is 13.5 Å². The van der Waals surface area contributed by atoms with Gasteiger partial charge in [0.05, 0.1) is 16.9 Å². The average Bonchev–Trinajstić information content (AvgIpc) is 2.09. The third-order valence-corrected chi connectivity index (χ3v) is 3.02. The summed E-state index contributed by atoms with van der Waals surface area (Å²) in [5.41, 5.74) is 0.306. The Bertz CT molecular complexity index is 317. The molecule has 2 nitrogen and oxygen atoms in total. The molecule has 0 aliphatic carbocycles. The Kier molecular flexibility index (Phi) is 3.40. The first-order valence-corrected chi connectivity index (χ1v) is 4.63. The largest absolute Gasteiger partial charge is 0.494 e. The molecule has 1 aromatic heterocycles. The summed E-state index contributed by atoms with van der Waals surface area (Å²) in [5.74, 6) is 0.530. The molecular formula is C8H8F2INO. The summed E-state index contributed by atoms with van der Waals surface area (Å²) in [7, 11) is 1.49. The molecule has 13 heavy (non-hydrogen) atoms. The van der Waals surface area contributed by atoms with Crippen LogP contribution in [0.3, 0.4) is 0 Å². The first kappa shape index (κ1) is 10.6. The maximum Gasteiger partial charge on any atom is 0.280 e. The van der Waals surface area contributed by atoms with Crippen molar-refractivity contribution in [3.8, 4) is 5.75 Å². The number of halogens is 3. The van der Waals surface area contributed by atoms with E-state index in [-0.39, 0.29) is 5.69 Å². The van der Waals surface area contributed by atoms with E-state index >= 15 is 0 Å². The van der Waals surface area contributed by atoms with E-state index in [4.69, 9.17) is 4.74 Å². The number of aromatic nitrogens is 1. The van der Waals surface area contributed by atoms with E-state index in [1.54, 1.807) is 6.92 Å². The van der Waals surface area contributed by atoms with Gasteiger partial charge in [-0.2, -0.15) is 0 Å². The number of nitrogens with zero attached hydrogens (tertiary/aromatic N) is 1. The van der Waals surface area contributed by atoms with E-state index < -0.39 is 6.43 Å². The van der Waals surface area contributed by atoms with Crippen LogP contribution in [0.1, 0.15) is 17.7 Å². The lowest BCUT2D eigenvalue weighted by atomic mass is 10.2. The van der Waals surface area contributed by atoms with Crippen LogP contribution in [0.25, 0.3) is 0 Å². The molecule has 1 heterocycles. The lowest BCUT2D eigenvalue weighted by Crippen LogP contribution is -1.99. The number of hydrogen-bond acceptors (Lipinski definition) is 2. The van der Waals surface area contributed by atoms with E-state index in [1.807, 2.05) is 22.6 Å². The van der Waals surface area contributed by atoms with Crippen molar-refractivity contribution in [1.29, 1.82) is 0 Å². The first-order chi connectivity index (χ1) is 6.07. The quantitative estimate of drug-likeness (QED) is 0.783. The Hall–Kier alpha value is -0.460. The zero-order valence-corrected chi connectivity index (χ0v) is 9.30. The summed E-state index contributed by atoms with van der Waals surface area (Å²) in [5, 5.41) is 0. The maximum absolute atomic E-state index is 12.3. The lowest BCUT2D eigenvalue weighted by Gasteiger charge is -2.09. The van der Waals surface area contributed by atoms with Gasteiger partial charge in [0.1, 0.15) is 5.69 Å². The predicted octanol–water partition coefficient (Wildman–Crippen LogP) is 2.94. The Labute approximate surface area is 88.5 Å². The molecule has 5 heteroatoms. The molecule has 0 fully saturated rings. The van der Waals surface area contributed by atoms with E-state index in [9.17, 15) is 8.78 Å². The van der Waals surface area contributed by atoms with Crippen LogP contribution < -0.4 is 4.74 Å². The van der Waals surface area contributed by atoms with Gasteiger partial charge in [0.25, 0.3) is 6.43 Å². The van der Waals surface area contributed by atoms with Crippen LogP contribution in [-0.2, 0) is 0 Å². The maximum atomic E-state index is 12.3. The standard InChI is InChI=1S/C8H8F2INO/c1-4-6(11)5(13-2)3-12-7(4)8(9)10/h3,8H,1-2H3. The van der Waals surface area contributed by atoms with E-state index in [0.717, 1.165) is 0 Å². The van der Waals surface area contributed by atoms with Crippen LogP contribution in [0.4, 0.5) is 8.78 Å². The van der Waals surface area contributed by atoms with Gasteiger partial charge in [-0.15, -0.1) is 0 Å². The predicted molar refractivity (Wildman–Crippen MR) is 53.2 cm³/mol. The van der Waals surface area contributed by atoms with Gasteiger partial charge < -0.3 is 4.74 Å².